The van der Waals surface area contributed by atoms with Gasteiger partial charge in [-0.05, 0) is 31.0 Å². The molecular weight excluding hydrogens is 246 g/mol. The molecule has 1 unspecified atom stereocenters. The van der Waals surface area contributed by atoms with Gasteiger partial charge in [0.15, 0.2) is 0 Å². The molecule has 2 aromatic heterocycles. The summed E-state index contributed by atoms with van der Waals surface area (Å²) in [4.78, 5) is 4.75. The summed E-state index contributed by atoms with van der Waals surface area (Å²) in [6.07, 6.45) is 2.92. The van der Waals surface area contributed by atoms with Crippen LogP contribution in [-0.4, -0.2) is 9.38 Å². The minimum absolute atomic E-state index is 0.0366. The lowest BCUT2D eigenvalue weighted by atomic mass is 10.1. The van der Waals surface area contributed by atoms with Crippen LogP contribution in [0.15, 0.2) is 48.7 Å². The molecule has 0 aliphatic rings. The van der Waals surface area contributed by atoms with Gasteiger partial charge in [0.05, 0.1) is 11.4 Å². The van der Waals surface area contributed by atoms with E-state index in [4.69, 9.17) is 10.7 Å². The van der Waals surface area contributed by atoms with Crippen LogP contribution in [0.5, 0.6) is 0 Å². The fourth-order valence-corrected chi connectivity index (χ4v) is 2.62. The van der Waals surface area contributed by atoms with Gasteiger partial charge in [0.2, 0.25) is 0 Å². The summed E-state index contributed by atoms with van der Waals surface area (Å²) in [7, 11) is 0. The first-order valence-corrected chi connectivity index (χ1v) is 6.92. The van der Waals surface area contributed by atoms with E-state index in [1.165, 1.54) is 11.1 Å². The van der Waals surface area contributed by atoms with E-state index in [9.17, 15) is 0 Å². The monoisotopic (exact) mass is 265 g/mol. The van der Waals surface area contributed by atoms with E-state index in [0.29, 0.717) is 0 Å². The minimum atomic E-state index is -0.0366. The van der Waals surface area contributed by atoms with E-state index in [1.807, 2.05) is 13.0 Å². The Morgan fingerprint density at radius 3 is 2.60 bits per heavy atom. The highest BCUT2D eigenvalue weighted by atomic mass is 15.0. The van der Waals surface area contributed by atoms with Crippen LogP contribution < -0.4 is 5.73 Å². The first-order valence-electron chi connectivity index (χ1n) is 6.92. The van der Waals surface area contributed by atoms with Crippen LogP contribution in [0.1, 0.15) is 35.5 Å². The summed E-state index contributed by atoms with van der Waals surface area (Å²) in [5, 5.41) is 0. The van der Waals surface area contributed by atoms with Gasteiger partial charge in [0, 0.05) is 18.7 Å². The van der Waals surface area contributed by atoms with Crippen molar-refractivity contribution >= 4 is 5.65 Å². The van der Waals surface area contributed by atoms with Crippen molar-refractivity contribution in [1.29, 1.82) is 0 Å². The Bertz CT molecular complexity index is 727. The van der Waals surface area contributed by atoms with Crippen molar-refractivity contribution in [3.63, 3.8) is 0 Å². The van der Waals surface area contributed by atoms with E-state index in [2.05, 4.69) is 53.9 Å². The maximum absolute atomic E-state index is 6.17. The Balaban J connectivity index is 2.12. The molecule has 0 amide bonds. The molecule has 0 fully saturated rings. The molecule has 3 heteroatoms. The van der Waals surface area contributed by atoms with Crippen molar-refractivity contribution in [3.8, 4) is 0 Å². The molecule has 1 aromatic carbocycles. The zero-order valence-electron chi connectivity index (χ0n) is 11.9. The summed E-state index contributed by atoms with van der Waals surface area (Å²) >= 11 is 0. The third-order valence-corrected chi connectivity index (χ3v) is 3.53. The molecule has 0 radical (unpaired) electrons. The highest BCUT2D eigenvalue weighted by Crippen LogP contribution is 2.21. The molecule has 0 aliphatic carbocycles. The van der Waals surface area contributed by atoms with Gasteiger partial charge in [-0.2, -0.15) is 0 Å². The maximum atomic E-state index is 6.17. The smallest absolute Gasteiger partial charge is 0.137 e. The van der Waals surface area contributed by atoms with E-state index in [-0.39, 0.29) is 6.04 Å². The number of pyridine rings is 1. The lowest BCUT2D eigenvalue weighted by molar-refractivity contribution is 0.754. The van der Waals surface area contributed by atoms with Crippen molar-refractivity contribution < 1.29 is 0 Å². The van der Waals surface area contributed by atoms with Crippen LogP contribution in [0, 0.1) is 6.92 Å². The van der Waals surface area contributed by atoms with Gasteiger partial charge in [0.1, 0.15) is 5.65 Å². The third-order valence-electron chi connectivity index (χ3n) is 3.53. The lowest BCUT2D eigenvalue weighted by Gasteiger charge is -2.09. The number of aryl methyl sites for hydroxylation is 1. The Labute approximate surface area is 119 Å². The Hall–Kier alpha value is -2.13. The third kappa shape index (κ3) is 2.32. The van der Waals surface area contributed by atoms with Crippen LogP contribution in [-0.2, 0) is 6.42 Å². The first kappa shape index (κ1) is 12.9. The van der Waals surface area contributed by atoms with Gasteiger partial charge in [0.25, 0.3) is 0 Å². The molecule has 2 heterocycles. The van der Waals surface area contributed by atoms with Crippen LogP contribution in [0.3, 0.4) is 0 Å². The summed E-state index contributed by atoms with van der Waals surface area (Å²) in [5.41, 5.74) is 11.8. The Morgan fingerprint density at radius 2 is 1.90 bits per heavy atom. The highest BCUT2D eigenvalue weighted by molar-refractivity contribution is 5.46. The number of benzene rings is 1. The minimum Gasteiger partial charge on any atom is -0.323 e. The number of aromatic nitrogens is 2. The molecule has 20 heavy (non-hydrogen) atoms. The van der Waals surface area contributed by atoms with Crippen LogP contribution in [0.2, 0.25) is 0 Å². The number of imidazole rings is 1. The Kier molecular flexibility index (Phi) is 3.28. The summed E-state index contributed by atoms with van der Waals surface area (Å²) < 4.78 is 2.12. The average molecular weight is 265 g/mol. The number of rotatable bonds is 3. The topological polar surface area (TPSA) is 43.3 Å². The second-order valence-electron chi connectivity index (χ2n) is 5.33. The standard InChI is InChI=1S/C17H19N3/c1-12-8-9-16-19-15(10-14-6-4-3-5-7-14)17(13(2)18)20(16)11-12/h3-9,11,13H,10,18H2,1-2H3. The number of hydrogen-bond acceptors (Lipinski definition) is 2. The van der Waals surface area contributed by atoms with Crippen LogP contribution in [0.4, 0.5) is 0 Å². The van der Waals surface area contributed by atoms with Crippen LogP contribution >= 0.6 is 0 Å². The van der Waals surface area contributed by atoms with Gasteiger partial charge in [-0.15, -0.1) is 0 Å². The van der Waals surface area contributed by atoms with Gasteiger partial charge < -0.3 is 10.1 Å². The predicted molar refractivity (Wildman–Crippen MR) is 81.8 cm³/mol. The molecule has 3 rings (SSSR count). The van der Waals surface area contributed by atoms with E-state index >= 15 is 0 Å². The van der Waals surface area contributed by atoms with E-state index < -0.39 is 0 Å². The number of hydrogen-bond donors (Lipinski definition) is 1. The largest absolute Gasteiger partial charge is 0.323 e. The molecule has 0 spiro atoms. The van der Waals surface area contributed by atoms with Gasteiger partial charge in [-0.3, -0.25) is 0 Å². The van der Waals surface area contributed by atoms with Crippen molar-refractivity contribution in [2.45, 2.75) is 26.3 Å². The van der Waals surface area contributed by atoms with Crippen molar-refractivity contribution in [2.24, 2.45) is 5.73 Å². The molecule has 0 saturated heterocycles. The van der Waals surface area contributed by atoms with E-state index in [0.717, 1.165) is 23.5 Å². The first-order chi connectivity index (χ1) is 9.65. The summed E-state index contributed by atoms with van der Waals surface area (Å²) in [6, 6.07) is 14.5. The van der Waals surface area contributed by atoms with Crippen LogP contribution in [0.25, 0.3) is 5.65 Å². The molecule has 0 bridgehead atoms. The fraction of sp³-hybridized carbons (Fsp3) is 0.235. The van der Waals surface area contributed by atoms with E-state index in [1.54, 1.807) is 0 Å². The predicted octanol–water partition coefficient (Wildman–Crippen LogP) is 3.25. The zero-order chi connectivity index (χ0) is 14.1. The second-order valence-corrected chi connectivity index (χ2v) is 5.33. The molecule has 3 nitrogen and oxygen atoms in total. The molecule has 102 valence electrons. The molecular formula is C17H19N3. The summed E-state index contributed by atoms with van der Waals surface area (Å²) in [6.45, 7) is 4.10. The summed E-state index contributed by atoms with van der Waals surface area (Å²) in [5.74, 6) is 0. The lowest BCUT2D eigenvalue weighted by Crippen LogP contribution is -2.11. The van der Waals surface area contributed by atoms with Crippen molar-refractivity contribution in [2.75, 3.05) is 0 Å². The normalized spacial score (nSPS) is 12.8. The molecule has 3 aromatic rings. The zero-order valence-corrected chi connectivity index (χ0v) is 11.9. The maximum Gasteiger partial charge on any atom is 0.137 e. The van der Waals surface area contributed by atoms with Gasteiger partial charge >= 0.3 is 0 Å². The number of fused-ring (bicyclic) bond motifs is 1. The van der Waals surface area contributed by atoms with Crippen molar-refractivity contribution in [1.82, 2.24) is 9.38 Å². The molecule has 1 atom stereocenters. The van der Waals surface area contributed by atoms with Gasteiger partial charge in [-0.25, -0.2) is 4.98 Å². The molecule has 2 N–H and O–H groups in total. The second kappa shape index (κ2) is 5.10. The fourth-order valence-electron chi connectivity index (χ4n) is 2.62. The average Bonchev–Trinajstić information content (AvgIpc) is 2.77. The molecule has 0 saturated carbocycles. The molecule has 0 aliphatic heterocycles. The Morgan fingerprint density at radius 1 is 1.15 bits per heavy atom. The number of nitrogens with zero attached hydrogens (tertiary/aromatic N) is 2. The number of nitrogens with two attached hydrogens (primary N) is 1. The highest BCUT2D eigenvalue weighted by Gasteiger charge is 2.15. The van der Waals surface area contributed by atoms with Gasteiger partial charge in [-0.1, -0.05) is 36.4 Å². The van der Waals surface area contributed by atoms with Crippen molar-refractivity contribution in [3.05, 3.63) is 71.2 Å². The quantitative estimate of drug-likeness (QED) is 0.790. The SMILES string of the molecule is Cc1ccc2nc(Cc3ccccc3)c(C(C)N)n2c1.